The molecule has 0 heterocycles. The predicted molar refractivity (Wildman–Crippen MR) is 52.2 cm³/mol. The molecular formula is C9H21OSb. The zero-order chi connectivity index (χ0) is 8.69. The van der Waals surface area contributed by atoms with Crippen molar-refractivity contribution < 1.29 is 5.11 Å². The number of hydrogen-bond donors (Lipinski definition) is 1. The summed E-state index contributed by atoms with van der Waals surface area (Å²) < 4.78 is 2.86. The summed E-state index contributed by atoms with van der Waals surface area (Å²) >= 11 is -1.20. The minimum atomic E-state index is -1.20. The van der Waals surface area contributed by atoms with Gasteiger partial charge in [-0.1, -0.05) is 0 Å². The van der Waals surface area contributed by atoms with E-state index in [1.54, 1.807) is 0 Å². The van der Waals surface area contributed by atoms with Crippen molar-refractivity contribution in [3.63, 3.8) is 0 Å². The quantitative estimate of drug-likeness (QED) is 0.733. The van der Waals surface area contributed by atoms with Crippen LogP contribution in [-0.4, -0.2) is 29.4 Å². The molecule has 0 aromatic carbocycles. The van der Waals surface area contributed by atoms with Crippen LogP contribution in [0.25, 0.3) is 0 Å². The summed E-state index contributed by atoms with van der Waals surface area (Å²) in [6.07, 6.45) is 3.54. The molecule has 1 N–H and O–H groups in total. The number of rotatable bonds is 6. The van der Waals surface area contributed by atoms with Crippen LogP contribution < -0.4 is 0 Å². The van der Waals surface area contributed by atoms with Gasteiger partial charge in [0.05, 0.1) is 0 Å². The molecule has 0 aliphatic carbocycles. The van der Waals surface area contributed by atoms with Crippen LogP contribution in [0.4, 0.5) is 0 Å². The Balaban J connectivity index is 3.66. The second kappa shape index (κ2) is 7.43. The number of aliphatic hydroxyl groups excluding tert-OH is 1. The van der Waals surface area contributed by atoms with E-state index < -0.39 is 20.2 Å². The zero-order valence-corrected chi connectivity index (χ0v) is 10.6. The molecule has 1 unspecified atom stereocenters. The van der Waals surface area contributed by atoms with Crippen molar-refractivity contribution in [1.29, 1.82) is 0 Å². The van der Waals surface area contributed by atoms with Crippen LogP contribution in [0.1, 0.15) is 40.0 Å². The second-order valence-corrected chi connectivity index (χ2v) is 10.5. The van der Waals surface area contributed by atoms with Crippen LogP contribution in [0.2, 0.25) is 8.73 Å². The fourth-order valence-corrected chi connectivity index (χ4v) is 8.33. The van der Waals surface area contributed by atoms with Crippen LogP contribution in [0.3, 0.4) is 0 Å². The summed E-state index contributed by atoms with van der Waals surface area (Å²) in [5.74, 6) is 0. The van der Waals surface area contributed by atoms with Crippen molar-refractivity contribution in [1.82, 2.24) is 0 Å². The van der Waals surface area contributed by atoms with Crippen molar-refractivity contribution in [2.45, 2.75) is 52.8 Å². The van der Waals surface area contributed by atoms with Crippen molar-refractivity contribution >= 4 is 20.2 Å². The average Bonchev–Trinajstić information content (AvgIpc) is 2.03. The van der Waals surface area contributed by atoms with Gasteiger partial charge in [-0.3, -0.25) is 0 Å². The fourth-order valence-electron chi connectivity index (χ4n) is 1.24. The van der Waals surface area contributed by atoms with Crippen molar-refractivity contribution in [2.75, 3.05) is 0 Å². The Labute approximate surface area is 78.1 Å². The maximum absolute atomic E-state index is 9.66. The fraction of sp³-hybridized carbons (Fsp3) is 1.00. The Kier molecular flexibility index (Phi) is 7.95. The van der Waals surface area contributed by atoms with Crippen molar-refractivity contribution in [3.05, 3.63) is 0 Å². The second-order valence-electron chi connectivity index (χ2n) is 2.92. The molecule has 0 saturated carbocycles. The molecule has 0 aromatic rings. The standard InChI is InChI=1S/C3H7O.2C3H7.Sb/c1-2-3-4;2*1-3-2;/h3-4H,2H2,1H3;2*1,3H2,2H3;. The molecule has 0 aliphatic heterocycles. The Morgan fingerprint density at radius 1 is 1.09 bits per heavy atom. The molecule has 0 rings (SSSR count). The first-order valence-electron chi connectivity index (χ1n) is 4.68. The molecule has 0 spiro atoms. The predicted octanol–water partition coefficient (Wildman–Crippen LogP) is 2.61. The topological polar surface area (TPSA) is 20.2 Å². The van der Waals surface area contributed by atoms with Gasteiger partial charge in [0.1, 0.15) is 0 Å². The first-order chi connectivity index (χ1) is 5.26. The molecule has 0 amide bonds. The van der Waals surface area contributed by atoms with E-state index in [4.69, 9.17) is 0 Å². The van der Waals surface area contributed by atoms with E-state index in [-0.39, 0.29) is 4.05 Å². The Bertz CT molecular complexity index is 79.6. The third-order valence-electron chi connectivity index (χ3n) is 1.81. The summed E-state index contributed by atoms with van der Waals surface area (Å²) in [6, 6.07) is 0. The number of hydrogen-bond acceptors (Lipinski definition) is 1. The van der Waals surface area contributed by atoms with Crippen LogP contribution in [0.15, 0.2) is 0 Å². The van der Waals surface area contributed by atoms with E-state index in [0.717, 1.165) is 6.42 Å². The SMILES string of the molecule is CC[CH2][Sb]([CH2]CC)[CH](O)CC. The third kappa shape index (κ3) is 5.09. The number of aliphatic hydroxyl groups is 1. The maximum atomic E-state index is 9.66. The van der Waals surface area contributed by atoms with Gasteiger partial charge < -0.3 is 0 Å². The molecule has 0 fully saturated rings. The van der Waals surface area contributed by atoms with E-state index in [0.29, 0.717) is 0 Å². The van der Waals surface area contributed by atoms with E-state index in [9.17, 15) is 5.11 Å². The van der Waals surface area contributed by atoms with E-state index in [2.05, 4.69) is 20.8 Å². The molecule has 0 aromatic heterocycles. The van der Waals surface area contributed by atoms with Gasteiger partial charge in [-0.15, -0.1) is 0 Å². The van der Waals surface area contributed by atoms with Gasteiger partial charge in [-0.05, 0) is 0 Å². The van der Waals surface area contributed by atoms with Gasteiger partial charge in [0.25, 0.3) is 0 Å². The molecule has 0 bridgehead atoms. The molecule has 68 valence electrons. The van der Waals surface area contributed by atoms with Gasteiger partial charge in [0.15, 0.2) is 0 Å². The van der Waals surface area contributed by atoms with Gasteiger partial charge in [0.2, 0.25) is 0 Å². The molecule has 0 radical (unpaired) electrons. The Morgan fingerprint density at radius 2 is 1.55 bits per heavy atom. The molecular weight excluding hydrogens is 246 g/mol. The van der Waals surface area contributed by atoms with E-state index in [1.165, 1.54) is 21.6 Å². The molecule has 0 aliphatic rings. The van der Waals surface area contributed by atoms with Gasteiger partial charge >= 0.3 is 78.1 Å². The summed E-state index contributed by atoms with van der Waals surface area (Å²) in [5, 5.41) is 9.66. The molecule has 1 nitrogen and oxygen atoms in total. The van der Waals surface area contributed by atoms with Crippen molar-refractivity contribution in [2.24, 2.45) is 0 Å². The summed E-state index contributed by atoms with van der Waals surface area (Å²) in [7, 11) is 0. The third-order valence-corrected chi connectivity index (χ3v) is 11.1. The van der Waals surface area contributed by atoms with Gasteiger partial charge in [0, 0.05) is 0 Å². The molecule has 0 saturated heterocycles. The van der Waals surface area contributed by atoms with Gasteiger partial charge in [-0.25, -0.2) is 0 Å². The molecule has 2 heteroatoms. The van der Waals surface area contributed by atoms with Crippen LogP contribution >= 0.6 is 0 Å². The van der Waals surface area contributed by atoms with Crippen molar-refractivity contribution in [3.8, 4) is 0 Å². The first kappa shape index (κ1) is 11.8. The van der Waals surface area contributed by atoms with E-state index in [1.807, 2.05) is 0 Å². The molecule has 11 heavy (non-hydrogen) atoms. The zero-order valence-electron chi connectivity index (χ0n) is 8.01. The van der Waals surface area contributed by atoms with Crippen LogP contribution in [0.5, 0.6) is 0 Å². The normalized spacial score (nSPS) is 13.9. The van der Waals surface area contributed by atoms with E-state index >= 15 is 0 Å². The monoisotopic (exact) mass is 266 g/mol. The van der Waals surface area contributed by atoms with Crippen LogP contribution in [-0.2, 0) is 0 Å². The van der Waals surface area contributed by atoms with Gasteiger partial charge in [-0.2, -0.15) is 0 Å². The van der Waals surface area contributed by atoms with Crippen LogP contribution in [0, 0.1) is 0 Å². The first-order valence-corrected chi connectivity index (χ1v) is 9.76. The minimum absolute atomic E-state index is 0.123. The summed E-state index contributed by atoms with van der Waals surface area (Å²) in [6.45, 7) is 6.57. The summed E-state index contributed by atoms with van der Waals surface area (Å²) in [5.41, 5.74) is 0. The Hall–Kier alpha value is 0.778. The average molecular weight is 267 g/mol. The Morgan fingerprint density at radius 3 is 1.82 bits per heavy atom. The molecule has 1 atom stereocenters. The summed E-state index contributed by atoms with van der Waals surface area (Å²) in [4.78, 5) is 0.